The van der Waals surface area contributed by atoms with Gasteiger partial charge in [-0.3, -0.25) is 4.99 Å². The van der Waals surface area contributed by atoms with Crippen molar-refractivity contribution in [2.75, 3.05) is 5.32 Å². The van der Waals surface area contributed by atoms with Crippen molar-refractivity contribution < 1.29 is 0 Å². The van der Waals surface area contributed by atoms with E-state index in [0.717, 1.165) is 38.0 Å². The van der Waals surface area contributed by atoms with E-state index in [4.69, 9.17) is 4.99 Å². The summed E-state index contributed by atoms with van der Waals surface area (Å²) in [5.74, 6) is 0. The van der Waals surface area contributed by atoms with Gasteiger partial charge in [0.1, 0.15) is 0 Å². The molecule has 0 fully saturated rings. The molecule has 3 aromatic carbocycles. The maximum absolute atomic E-state index is 5.11. The molecule has 0 aromatic heterocycles. The lowest BCUT2D eigenvalue weighted by Gasteiger charge is -2.32. The van der Waals surface area contributed by atoms with Gasteiger partial charge in [0.25, 0.3) is 0 Å². The molecule has 1 unspecified atom stereocenters. The molecule has 0 amide bonds. The Hall–Kier alpha value is -1.91. The number of hydrogen-bond acceptors (Lipinski definition) is 2. The molecule has 3 aromatic rings. The van der Waals surface area contributed by atoms with Crippen LogP contribution < -0.4 is 5.32 Å². The second-order valence-corrected chi connectivity index (χ2v) is 9.49. The van der Waals surface area contributed by atoms with Gasteiger partial charge in [0.2, 0.25) is 0 Å². The molecule has 0 saturated heterocycles. The first kappa shape index (κ1) is 19.4. The van der Waals surface area contributed by atoms with Crippen molar-refractivity contribution in [3.8, 4) is 0 Å². The number of nitrogens with zero attached hydrogens (tertiary/aromatic N) is 1. The minimum absolute atomic E-state index is 0.264. The first-order valence-corrected chi connectivity index (χ1v) is 10.9. The first-order chi connectivity index (χ1) is 13.3. The minimum atomic E-state index is -0.264. The Kier molecular flexibility index (Phi) is 5.19. The van der Waals surface area contributed by atoms with Gasteiger partial charge in [-0.05, 0) is 79.4 Å². The highest BCUT2D eigenvalue weighted by Crippen LogP contribution is 2.40. The molecule has 1 atom stereocenters. The highest BCUT2D eigenvalue weighted by molar-refractivity contribution is 9.10. The molecule has 0 bridgehead atoms. The van der Waals surface area contributed by atoms with E-state index in [1.54, 1.807) is 0 Å². The third kappa shape index (κ3) is 3.81. The fraction of sp³-hybridized carbons (Fsp3) is 0.208. The van der Waals surface area contributed by atoms with Crippen molar-refractivity contribution >= 4 is 48.9 Å². The molecule has 1 aliphatic heterocycles. The van der Waals surface area contributed by atoms with Gasteiger partial charge in [-0.2, -0.15) is 0 Å². The zero-order valence-electron chi connectivity index (χ0n) is 16.2. The van der Waals surface area contributed by atoms with Crippen molar-refractivity contribution in [2.45, 2.75) is 32.7 Å². The van der Waals surface area contributed by atoms with Crippen LogP contribution in [-0.4, -0.2) is 5.71 Å². The van der Waals surface area contributed by atoms with E-state index in [9.17, 15) is 0 Å². The summed E-state index contributed by atoms with van der Waals surface area (Å²) in [6.45, 7) is 6.55. The molecule has 2 nitrogen and oxygen atoms in total. The summed E-state index contributed by atoms with van der Waals surface area (Å²) in [5.41, 5.74) is 7.83. The predicted octanol–water partition coefficient (Wildman–Crippen LogP) is 7.68. The van der Waals surface area contributed by atoms with Crippen LogP contribution in [0.25, 0.3) is 0 Å². The van der Waals surface area contributed by atoms with Crippen LogP contribution >= 0.6 is 31.9 Å². The van der Waals surface area contributed by atoms with Crippen molar-refractivity contribution in [3.63, 3.8) is 0 Å². The highest BCUT2D eigenvalue weighted by atomic mass is 79.9. The number of hydrogen-bond donors (Lipinski definition) is 1. The van der Waals surface area contributed by atoms with E-state index in [-0.39, 0.29) is 5.54 Å². The average Bonchev–Trinajstić information content (AvgIpc) is 2.80. The topological polar surface area (TPSA) is 24.4 Å². The van der Waals surface area contributed by atoms with Gasteiger partial charge in [-0.25, -0.2) is 0 Å². The highest BCUT2D eigenvalue weighted by Gasteiger charge is 2.32. The summed E-state index contributed by atoms with van der Waals surface area (Å²) in [6, 6.07) is 21.4. The van der Waals surface area contributed by atoms with E-state index in [1.165, 1.54) is 16.7 Å². The Balaban J connectivity index is 1.89. The van der Waals surface area contributed by atoms with Crippen LogP contribution in [0.15, 0.2) is 74.6 Å². The number of nitrogens with one attached hydrogen (secondary N) is 1. The standard InChI is InChI=1S/C24H22Br2N2/c1-15-12-21-22(13-16(15)2)28-24(3,18-6-10-20(26)11-7-18)14-23(27-21)17-4-8-19(25)9-5-17/h4-13,28H,14H2,1-3H3. The summed E-state index contributed by atoms with van der Waals surface area (Å²) >= 11 is 7.09. The molecule has 28 heavy (non-hydrogen) atoms. The third-order valence-electron chi connectivity index (χ3n) is 5.46. The summed E-state index contributed by atoms with van der Waals surface area (Å²) < 4.78 is 2.16. The van der Waals surface area contributed by atoms with Crippen molar-refractivity contribution in [3.05, 3.63) is 91.9 Å². The lowest BCUT2D eigenvalue weighted by Crippen LogP contribution is -2.33. The maximum atomic E-state index is 5.11. The van der Waals surface area contributed by atoms with Crippen molar-refractivity contribution in [2.24, 2.45) is 4.99 Å². The Bertz CT molecular complexity index is 1050. The molecule has 0 radical (unpaired) electrons. The van der Waals surface area contributed by atoms with Gasteiger partial charge in [0.15, 0.2) is 0 Å². The molecule has 0 aliphatic carbocycles. The van der Waals surface area contributed by atoms with Crippen LogP contribution in [0.3, 0.4) is 0 Å². The summed E-state index contributed by atoms with van der Waals surface area (Å²) in [6.07, 6.45) is 0.795. The number of benzene rings is 3. The van der Waals surface area contributed by atoms with Crippen LogP contribution in [0.5, 0.6) is 0 Å². The van der Waals surface area contributed by atoms with Gasteiger partial charge in [-0.15, -0.1) is 0 Å². The first-order valence-electron chi connectivity index (χ1n) is 9.33. The number of rotatable bonds is 2. The summed E-state index contributed by atoms with van der Waals surface area (Å²) in [4.78, 5) is 5.11. The smallest absolute Gasteiger partial charge is 0.0867 e. The lowest BCUT2D eigenvalue weighted by molar-refractivity contribution is 0.571. The quantitative estimate of drug-likeness (QED) is 0.385. The zero-order valence-corrected chi connectivity index (χ0v) is 19.4. The van der Waals surface area contributed by atoms with Gasteiger partial charge in [-0.1, -0.05) is 56.1 Å². The normalized spacial score (nSPS) is 18.7. The number of aliphatic imine (C=N–C) groups is 1. The van der Waals surface area contributed by atoms with E-state index < -0.39 is 0 Å². The van der Waals surface area contributed by atoms with Gasteiger partial charge < -0.3 is 5.32 Å². The zero-order chi connectivity index (χ0) is 19.9. The molecule has 1 heterocycles. The molecule has 4 heteroatoms. The van der Waals surface area contributed by atoms with Gasteiger partial charge in [0.05, 0.1) is 22.6 Å². The van der Waals surface area contributed by atoms with E-state index in [0.29, 0.717) is 0 Å². The van der Waals surface area contributed by atoms with Crippen LogP contribution in [-0.2, 0) is 5.54 Å². The number of halogens is 2. The SMILES string of the molecule is Cc1cc2c(cc1C)NC(C)(c1ccc(Br)cc1)CC(c1ccc(Br)cc1)=N2. The second-order valence-electron chi connectivity index (χ2n) is 7.66. The predicted molar refractivity (Wildman–Crippen MR) is 126 cm³/mol. The summed E-state index contributed by atoms with van der Waals surface area (Å²) in [7, 11) is 0. The van der Waals surface area contributed by atoms with Gasteiger partial charge in [0, 0.05) is 15.4 Å². The average molecular weight is 498 g/mol. The van der Waals surface area contributed by atoms with Crippen LogP contribution in [0, 0.1) is 13.8 Å². The molecular weight excluding hydrogens is 476 g/mol. The van der Waals surface area contributed by atoms with Gasteiger partial charge >= 0.3 is 0 Å². The molecule has 1 aliphatic rings. The van der Waals surface area contributed by atoms with E-state index in [1.807, 2.05) is 0 Å². The fourth-order valence-corrected chi connectivity index (χ4v) is 4.18. The molecule has 0 saturated carbocycles. The van der Waals surface area contributed by atoms with Crippen molar-refractivity contribution in [1.29, 1.82) is 0 Å². The van der Waals surface area contributed by atoms with Crippen molar-refractivity contribution in [1.82, 2.24) is 0 Å². The van der Waals surface area contributed by atoms with Crippen LogP contribution in [0.4, 0.5) is 11.4 Å². The summed E-state index contributed by atoms with van der Waals surface area (Å²) in [5, 5.41) is 3.81. The Morgan fingerprint density at radius 2 is 1.43 bits per heavy atom. The third-order valence-corrected chi connectivity index (χ3v) is 6.52. The second kappa shape index (κ2) is 7.49. The largest absolute Gasteiger partial charge is 0.374 e. The number of aryl methyl sites for hydroxylation is 2. The molecule has 0 spiro atoms. The van der Waals surface area contributed by atoms with E-state index >= 15 is 0 Å². The molecule has 142 valence electrons. The Labute approximate surface area is 183 Å². The maximum Gasteiger partial charge on any atom is 0.0867 e. The van der Waals surface area contributed by atoms with Crippen LogP contribution in [0.1, 0.15) is 35.6 Å². The molecule has 1 N–H and O–H groups in total. The fourth-order valence-electron chi connectivity index (χ4n) is 3.66. The molecule has 4 rings (SSSR count). The monoisotopic (exact) mass is 496 g/mol. The number of anilines is 1. The molecular formula is C24H22Br2N2. The Morgan fingerprint density at radius 1 is 0.857 bits per heavy atom. The Morgan fingerprint density at radius 3 is 2.07 bits per heavy atom. The minimum Gasteiger partial charge on any atom is -0.374 e. The lowest BCUT2D eigenvalue weighted by atomic mass is 9.85. The van der Waals surface area contributed by atoms with Crippen LogP contribution in [0.2, 0.25) is 0 Å². The van der Waals surface area contributed by atoms with E-state index in [2.05, 4.69) is 119 Å². The number of fused-ring (bicyclic) bond motifs is 1.